The number of fused-ring (bicyclic) bond motifs is 1. The third-order valence-corrected chi connectivity index (χ3v) is 3.45. The summed E-state index contributed by atoms with van der Waals surface area (Å²) in [6, 6.07) is 13.0. The molecule has 0 aliphatic heterocycles. The Morgan fingerprint density at radius 1 is 0.913 bits per heavy atom. The first-order valence-electron chi connectivity index (χ1n) is 6.82. The predicted octanol–water partition coefficient (Wildman–Crippen LogP) is 2.69. The van der Waals surface area contributed by atoms with Gasteiger partial charge in [-0.15, -0.1) is 0 Å². The number of carboxylic acid groups (broad SMARTS) is 1. The summed E-state index contributed by atoms with van der Waals surface area (Å²) in [6.07, 6.45) is 1.47. The third-order valence-electron chi connectivity index (χ3n) is 3.45. The molecule has 1 amide bonds. The number of hydrogen-bond donors (Lipinski definition) is 3. The number of Topliss-reactive ketones (excluding diaryl/α,β-unsaturated/α-hetero) is 1. The number of anilines is 1. The Hall–Kier alpha value is -3.41. The molecule has 0 aliphatic carbocycles. The van der Waals surface area contributed by atoms with Crippen LogP contribution in [0.25, 0.3) is 10.9 Å². The summed E-state index contributed by atoms with van der Waals surface area (Å²) in [5.74, 6) is -2.80. The van der Waals surface area contributed by atoms with E-state index in [1.54, 1.807) is 30.3 Å². The summed E-state index contributed by atoms with van der Waals surface area (Å²) < 4.78 is 0. The molecule has 3 aromatic rings. The molecule has 6 nitrogen and oxygen atoms in total. The minimum absolute atomic E-state index is 0.0763. The first-order valence-corrected chi connectivity index (χ1v) is 6.82. The van der Waals surface area contributed by atoms with Crippen molar-refractivity contribution in [3.63, 3.8) is 0 Å². The fraction of sp³-hybridized carbons (Fsp3) is 0. The molecule has 0 spiro atoms. The third kappa shape index (κ3) is 2.69. The average Bonchev–Trinajstić information content (AvgIpc) is 2.98. The van der Waals surface area contributed by atoms with E-state index in [-0.39, 0.29) is 16.8 Å². The Kier molecular flexibility index (Phi) is 3.64. The van der Waals surface area contributed by atoms with Crippen LogP contribution in [-0.2, 0) is 4.79 Å². The highest BCUT2D eigenvalue weighted by Gasteiger charge is 2.21. The van der Waals surface area contributed by atoms with Crippen molar-refractivity contribution in [1.82, 2.24) is 4.98 Å². The Bertz CT molecular complexity index is 927. The highest BCUT2D eigenvalue weighted by atomic mass is 16.4. The molecule has 0 atom stereocenters. The number of rotatable bonds is 4. The number of carboxylic acids is 1. The maximum Gasteiger partial charge on any atom is 0.337 e. The van der Waals surface area contributed by atoms with Crippen LogP contribution in [0.1, 0.15) is 20.7 Å². The minimum Gasteiger partial charge on any atom is -0.478 e. The highest BCUT2D eigenvalue weighted by Crippen LogP contribution is 2.20. The number of H-pyrrole nitrogens is 1. The number of para-hydroxylation sites is 2. The van der Waals surface area contributed by atoms with Crippen molar-refractivity contribution in [2.24, 2.45) is 0 Å². The Morgan fingerprint density at radius 2 is 1.61 bits per heavy atom. The summed E-state index contributed by atoms with van der Waals surface area (Å²) in [5.41, 5.74) is 0.992. The molecular formula is C17H12N2O4. The number of benzene rings is 2. The van der Waals surface area contributed by atoms with Gasteiger partial charge in [-0.05, 0) is 18.2 Å². The monoisotopic (exact) mass is 308 g/mol. The summed E-state index contributed by atoms with van der Waals surface area (Å²) >= 11 is 0. The topological polar surface area (TPSA) is 99.3 Å². The summed E-state index contributed by atoms with van der Waals surface area (Å²) in [5, 5.41) is 12.1. The number of aromatic carboxylic acids is 1. The lowest BCUT2D eigenvalue weighted by atomic mass is 10.1. The van der Waals surface area contributed by atoms with Gasteiger partial charge in [-0.2, -0.15) is 0 Å². The van der Waals surface area contributed by atoms with E-state index < -0.39 is 17.7 Å². The SMILES string of the molecule is O=C(Nc1ccccc1C(=O)O)C(=O)c1c[nH]c2ccccc12. The molecule has 6 heteroatoms. The fourth-order valence-electron chi connectivity index (χ4n) is 2.34. The second-order valence-corrected chi connectivity index (χ2v) is 4.88. The van der Waals surface area contributed by atoms with Gasteiger partial charge in [0.25, 0.3) is 11.7 Å². The standard InChI is InChI=1S/C17H12N2O4/c20-15(12-9-18-13-7-3-1-5-10(12)13)16(21)19-14-8-4-2-6-11(14)17(22)23/h1-9,18H,(H,19,21)(H,22,23). The zero-order valence-corrected chi connectivity index (χ0v) is 11.9. The molecule has 3 rings (SSSR count). The molecule has 1 heterocycles. The van der Waals surface area contributed by atoms with Crippen molar-refractivity contribution >= 4 is 34.3 Å². The lowest BCUT2D eigenvalue weighted by Gasteiger charge is -2.07. The van der Waals surface area contributed by atoms with E-state index >= 15 is 0 Å². The number of aromatic amines is 1. The largest absolute Gasteiger partial charge is 0.478 e. The molecule has 0 bridgehead atoms. The van der Waals surface area contributed by atoms with E-state index in [1.807, 2.05) is 6.07 Å². The van der Waals surface area contributed by atoms with Crippen molar-refractivity contribution in [2.75, 3.05) is 5.32 Å². The van der Waals surface area contributed by atoms with Crippen LogP contribution in [0.2, 0.25) is 0 Å². The molecule has 0 unspecified atom stereocenters. The number of ketones is 1. The lowest BCUT2D eigenvalue weighted by Crippen LogP contribution is -2.23. The van der Waals surface area contributed by atoms with Crippen LogP contribution in [0.5, 0.6) is 0 Å². The van der Waals surface area contributed by atoms with Gasteiger partial charge in [0.2, 0.25) is 0 Å². The van der Waals surface area contributed by atoms with E-state index in [0.29, 0.717) is 5.39 Å². The van der Waals surface area contributed by atoms with E-state index in [2.05, 4.69) is 10.3 Å². The number of aromatic nitrogens is 1. The average molecular weight is 308 g/mol. The fourth-order valence-corrected chi connectivity index (χ4v) is 2.34. The zero-order chi connectivity index (χ0) is 16.4. The van der Waals surface area contributed by atoms with Gasteiger partial charge in [-0.1, -0.05) is 30.3 Å². The summed E-state index contributed by atoms with van der Waals surface area (Å²) in [6.45, 7) is 0. The van der Waals surface area contributed by atoms with E-state index in [4.69, 9.17) is 5.11 Å². The second-order valence-electron chi connectivity index (χ2n) is 4.88. The number of carbonyl (C=O) groups is 3. The van der Waals surface area contributed by atoms with E-state index in [0.717, 1.165) is 5.52 Å². The zero-order valence-electron chi connectivity index (χ0n) is 11.9. The molecule has 1 aromatic heterocycles. The minimum atomic E-state index is -1.18. The first kappa shape index (κ1) is 14.5. The molecule has 0 saturated carbocycles. The van der Waals surface area contributed by atoms with Crippen molar-refractivity contribution in [1.29, 1.82) is 0 Å². The number of amides is 1. The van der Waals surface area contributed by atoms with Crippen LogP contribution in [-0.4, -0.2) is 27.8 Å². The summed E-state index contributed by atoms with van der Waals surface area (Å²) in [7, 11) is 0. The predicted molar refractivity (Wildman–Crippen MR) is 84.7 cm³/mol. The van der Waals surface area contributed by atoms with Crippen molar-refractivity contribution in [3.8, 4) is 0 Å². The van der Waals surface area contributed by atoms with Crippen LogP contribution in [0.15, 0.2) is 54.7 Å². The Balaban J connectivity index is 1.89. The maximum absolute atomic E-state index is 12.3. The van der Waals surface area contributed by atoms with Gasteiger partial charge in [0.1, 0.15) is 0 Å². The van der Waals surface area contributed by atoms with Gasteiger partial charge in [-0.3, -0.25) is 9.59 Å². The van der Waals surface area contributed by atoms with Gasteiger partial charge in [0.15, 0.2) is 0 Å². The molecule has 0 radical (unpaired) electrons. The van der Waals surface area contributed by atoms with Gasteiger partial charge in [-0.25, -0.2) is 4.79 Å². The Morgan fingerprint density at radius 3 is 2.39 bits per heavy atom. The van der Waals surface area contributed by atoms with Crippen LogP contribution < -0.4 is 5.32 Å². The van der Waals surface area contributed by atoms with Crippen LogP contribution >= 0.6 is 0 Å². The molecular weight excluding hydrogens is 296 g/mol. The molecule has 3 N–H and O–H groups in total. The maximum atomic E-state index is 12.3. The Labute approximate surface area is 130 Å². The molecule has 0 saturated heterocycles. The van der Waals surface area contributed by atoms with Gasteiger partial charge < -0.3 is 15.4 Å². The molecule has 114 valence electrons. The summed E-state index contributed by atoms with van der Waals surface area (Å²) in [4.78, 5) is 38.5. The number of carbonyl (C=O) groups excluding carboxylic acids is 2. The molecule has 0 fully saturated rings. The first-order chi connectivity index (χ1) is 11.1. The van der Waals surface area contributed by atoms with E-state index in [1.165, 1.54) is 18.3 Å². The molecule has 0 aliphatic rings. The van der Waals surface area contributed by atoms with Crippen LogP contribution in [0.4, 0.5) is 5.69 Å². The normalized spacial score (nSPS) is 10.4. The van der Waals surface area contributed by atoms with Crippen molar-refractivity contribution < 1.29 is 19.5 Å². The smallest absolute Gasteiger partial charge is 0.337 e. The number of hydrogen-bond acceptors (Lipinski definition) is 3. The quantitative estimate of drug-likeness (QED) is 0.509. The molecule has 2 aromatic carbocycles. The lowest BCUT2D eigenvalue weighted by molar-refractivity contribution is -0.112. The van der Waals surface area contributed by atoms with Crippen LogP contribution in [0, 0.1) is 0 Å². The van der Waals surface area contributed by atoms with E-state index in [9.17, 15) is 14.4 Å². The van der Waals surface area contributed by atoms with Gasteiger partial charge >= 0.3 is 5.97 Å². The highest BCUT2D eigenvalue weighted by molar-refractivity contribution is 6.48. The van der Waals surface area contributed by atoms with Gasteiger partial charge in [0, 0.05) is 17.1 Å². The number of nitrogens with one attached hydrogen (secondary N) is 2. The second kappa shape index (κ2) is 5.76. The van der Waals surface area contributed by atoms with Crippen molar-refractivity contribution in [2.45, 2.75) is 0 Å². The van der Waals surface area contributed by atoms with Crippen LogP contribution in [0.3, 0.4) is 0 Å². The van der Waals surface area contributed by atoms with Crippen molar-refractivity contribution in [3.05, 3.63) is 65.9 Å². The van der Waals surface area contributed by atoms with Gasteiger partial charge in [0.05, 0.1) is 16.8 Å². The molecule has 23 heavy (non-hydrogen) atoms.